The van der Waals surface area contributed by atoms with E-state index in [0.717, 1.165) is 24.2 Å². The highest BCUT2D eigenvalue weighted by molar-refractivity contribution is 5.31. The summed E-state index contributed by atoms with van der Waals surface area (Å²) in [5, 5.41) is 3.66. The third-order valence-corrected chi connectivity index (χ3v) is 4.16. The molecule has 3 heterocycles. The van der Waals surface area contributed by atoms with Crippen molar-refractivity contribution in [2.24, 2.45) is 0 Å². The Morgan fingerprint density at radius 3 is 3.12 bits per heavy atom. The molecule has 0 spiro atoms. The predicted molar refractivity (Wildman–Crippen MR) is 69.3 cm³/mol. The highest BCUT2D eigenvalue weighted by Crippen LogP contribution is 2.29. The number of aromatic nitrogens is 2. The molecule has 0 aromatic carbocycles. The first-order valence-electron chi connectivity index (χ1n) is 6.82. The minimum Gasteiger partial charge on any atom is -0.351 e. The van der Waals surface area contributed by atoms with Crippen molar-refractivity contribution < 1.29 is 0 Å². The van der Waals surface area contributed by atoms with Gasteiger partial charge in [-0.2, -0.15) is 0 Å². The lowest BCUT2D eigenvalue weighted by Crippen LogP contribution is -2.34. The fourth-order valence-electron chi connectivity index (χ4n) is 3.32. The van der Waals surface area contributed by atoms with Gasteiger partial charge in [0.1, 0.15) is 0 Å². The van der Waals surface area contributed by atoms with Crippen LogP contribution in [0, 0.1) is 6.92 Å². The van der Waals surface area contributed by atoms with Crippen LogP contribution in [-0.4, -0.2) is 39.6 Å². The van der Waals surface area contributed by atoms with Crippen molar-refractivity contribution in [2.75, 3.05) is 18.4 Å². The first-order valence-corrected chi connectivity index (χ1v) is 6.82. The third-order valence-electron chi connectivity index (χ3n) is 4.16. The number of rotatable bonds is 3. The molecular formula is C13H22N4. The summed E-state index contributed by atoms with van der Waals surface area (Å²) < 4.78 is 2.22. The van der Waals surface area contributed by atoms with Gasteiger partial charge in [0.05, 0.1) is 5.69 Å². The van der Waals surface area contributed by atoms with Crippen molar-refractivity contribution in [3.8, 4) is 0 Å². The van der Waals surface area contributed by atoms with Crippen molar-refractivity contribution in [2.45, 2.75) is 51.7 Å². The van der Waals surface area contributed by atoms with Gasteiger partial charge in [0.25, 0.3) is 0 Å². The van der Waals surface area contributed by atoms with E-state index in [2.05, 4.69) is 39.8 Å². The summed E-state index contributed by atoms with van der Waals surface area (Å²) in [6.45, 7) is 7.78. The van der Waals surface area contributed by atoms with Crippen LogP contribution in [0.3, 0.4) is 0 Å². The molecule has 0 saturated carbocycles. The van der Waals surface area contributed by atoms with Gasteiger partial charge in [-0.3, -0.25) is 4.90 Å². The van der Waals surface area contributed by atoms with Gasteiger partial charge in [-0.15, -0.1) is 0 Å². The van der Waals surface area contributed by atoms with E-state index in [1.807, 2.05) is 0 Å². The molecule has 94 valence electrons. The predicted octanol–water partition coefficient (Wildman–Crippen LogP) is 1.86. The monoisotopic (exact) mass is 234 g/mol. The fraction of sp³-hybridized carbons (Fsp3) is 0.769. The summed E-state index contributed by atoms with van der Waals surface area (Å²) >= 11 is 0. The third kappa shape index (κ3) is 1.95. The van der Waals surface area contributed by atoms with Crippen LogP contribution >= 0.6 is 0 Å². The summed E-state index contributed by atoms with van der Waals surface area (Å²) in [4.78, 5) is 7.22. The van der Waals surface area contributed by atoms with Gasteiger partial charge < -0.3 is 9.88 Å². The van der Waals surface area contributed by atoms with E-state index in [0.29, 0.717) is 6.04 Å². The van der Waals surface area contributed by atoms with Gasteiger partial charge in [0.2, 0.25) is 5.95 Å². The second-order valence-corrected chi connectivity index (χ2v) is 5.28. The average Bonchev–Trinajstić information content (AvgIpc) is 2.96. The van der Waals surface area contributed by atoms with Crippen LogP contribution in [0.25, 0.3) is 0 Å². The zero-order valence-corrected chi connectivity index (χ0v) is 10.8. The van der Waals surface area contributed by atoms with Gasteiger partial charge in [-0.1, -0.05) is 0 Å². The van der Waals surface area contributed by atoms with Crippen LogP contribution in [0.15, 0.2) is 6.20 Å². The Labute approximate surface area is 103 Å². The molecule has 0 bridgehead atoms. The number of fused-ring (bicyclic) bond motifs is 1. The molecule has 1 aromatic heterocycles. The number of hydrogen-bond donors (Lipinski definition) is 1. The Bertz CT molecular complexity index is 398. The normalized spacial score (nSPS) is 28.6. The van der Waals surface area contributed by atoms with Gasteiger partial charge in [0, 0.05) is 31.4 Å². The van der Waals surface area contributed by atoms with E-state index < -0.39 is 0 Å². The molecule has 2 unspecified atom stereocenters. The minimum atomic E-state index is 0.601. The van der Waals surface area contributed by atoms with Crippen LogP contribution in [0.1, 0.15) is 31.9 Å². The first kappa shape index (κ1) is 11.1. The Balaban J connectivity index is 1.74. The SMILES string of the molecule is CCn1cc(C)nc1NC1CCN2CCCC12. The number of hydrogen-bond acceptors (Lipinski definition) is 3. The highest BCUT2D eigenvalue weighted by Gasteiger charge is 2.37. The number of nitrogens with one attached hydrogen (secondary N) is 1. The van der Waals surface area contributed by atoms with E-state index in [4.69, 9.17) is 0 Å². The van der Waals surface area contributed by atoms with E-state index in [-0.39, 0.29) is 0 Å². The Morgan fingerprint density at radius 2 is 2.29 bits per heavy atom. The zero-order valence-electron chi connectivity index (χ0n) is 10.8. The molecule has 1 aromatic rings. The number of imidazole rings is 1. The van der Waals surface area contributed by atoms with E-state index in [9.17, 15) is 0 Å². The van der Waals surface area contributed by atoms with Crippen LogP contribution in [0.2, 0.25) is 0 Å². The summed E-state index contributed by atoms with van der Waals surface area (Å²) in [5.74, 6) is 1.06. The highest BCUT2D eigenvalue weighted by atomic mass is 15.3. The van der Waals surface area contributed by atoms with Gasteiger partial charge in [0.15, 0.2) is 0 Å². The molecule has 4 heteroatoms. The summed E-state index contributed by atoms with van der Waals surface area (Å²) in [6, 6.07) is 1.35. The molecule has 2 atom stereocenters. The van der Waals surface area contributed by atoms with Crippen LogP contribution in [-0.2, 0) is 6.54 Å². The minimum absolute atomic E-state index is 0.601. The van der Waals surface area contributed by atoms with Gasteiger partial charge in [-0.05, 0) is 39.7 Å². The first-order chi connectivity index (χ1) is 8.28. The molecule has 0 radical (unpaired) electrons. The maximum absolute atomic E-state index is 4.59. The number of aryl methyl sites for hydroxylation is 2. The van der Waals surface area contributed by atoms with E-state index >= 15 is 0 Å². The van der Waals surface area contributed by atoms with Crippen molar-refractivity contribution in [3.63, 3.8) is 0 Å². The smallest absolute Gasteiger partial charge is 0.203 e. The van der Waals surface area contributed by atoms with Gasteiger partial charge in [-0.25, -0.2) is 4.98 Å². The molecule has 0 aliphatic carbocycles. The standard InChI is InChI=1S/C13H22N4/c1-3-16-9-10(2)14-13(16)15-11-6-8-17-7-4-5-12(11)17/h9,11-12H,3-8H2,1-2H3,(H,14,15). The van der Waals surface area contributed by atoms with Crippen LogP contribution in [0.4, 0.5) is 5.95 Å². The molecular weight excluding hydrogens is 212 g/mol. The van der Waals surface area contributed by atoms with Crippen LogP contribution < -0.4 is 5.32 Å². The Hall–Kier alpha value is -1.03. The molecule has 4 nitrogen and oxygen atoms in total. The molecule has 17 heavy (non-hydrogen) atoms. The largest absolute Gasteiger partial charge is 0.351 e. The van der Waals surface area contributed by atoms with Crippen molar-refractivity contribution in [1.29, 1.82) is 0 Å². The maximum Gasteiger partial charge on any atom is 0.203 e. The summed E-state index contributed by atoms with van der Waals surface area (Å²) in [7, 11) is 0. The van der Waals surface area contributed by atoms with Crippen LogP contribution in [0.5, 0.6) is 0 Å². The topological polar surface area (TPSA) is 33.1 Å². The number of anilines is 1. The summed E-state index contributed by atoms with van der Waals surface area (Å²) in [6.07, 6.45) is 6.11. The van der Waals surface area contributed by atoms with Gasteiger partial charge >= 0.3 is 0 Å². The lowest BCUT2D eigenvalue weighted by atomic mass is 10.1. The molecule has 3 rings (SSSR count). The Kier molecular flexibility index (Phi) is 2.82. The lowest BCUT2D eigenvalue weighted by Gasteiger charge is -2.21. The second-order valence-electron chi connectivity index (χ2n) is 5.28. The quantitative estimate of drug-likeness (QED) is 0.866. The van der Waals surface area contributed by atoms with E-state index in [1.54, 1.807) is 0 Å². The van der Waals surface area contributed by atoms with Crippen molar-refractivity contribution in [3.05, 3.63) is 11.9 Å². The molecule has 2 aliphatic rings. The zero-order chi connectivity index (χ0) is 11.8. The molecule has 2 aliphatic heterocycles. The molecule has 1 N–H and O–H groups in total. The molecule has 2 saturated heterocycles. The van der Waals surface area contributed by atoms with Crippen molar-refractivity contribution >= 4 is 5.95 Å². The second kappa shape index (κ2) is 4.33. The van der Waals surface area contributed by atoms with Crippen molar-refractivity contribution in [1.82, 2.24) is 14.5 Å². The van der Waals surface area contributed by atoms with E-state index in [1.165, 1.54) is 32.4 Å². The molecule has 2 fully saturated rings. The average molecular weight is 234 g/mol. The Morgan fingerprint density at radius 1 is 1.41 bits per heavy atom. The fourth-order valence-corrected chi connectivity index (χ4v) is 3.32. The molecule has 0 amide bonds. The maximum atomic E-state index is 4.59. The summed E-state index contributed by atoms with van der Waals surface area (Å²) in [5.41, 5.74) is 1.11. The lowest BCUT2D eigenvalue weighted by molar-refractivity contribution is 0.318. The number of nitrogens with zero attached hydrogens (tertiary/aromatic N) is 3.